The van der Waals surface area contributed by atoms with E-state index < -0.39 is 0 Å². The van der Waals surface area contributed by atoms with Gasteiger partial charge in [-0.3, -0.25) is 4.79 Å². The van der Waals surface area contributed by atoms with Crippen molar-refractivity contribution in [3.05, 3.63) is 40.2 Å². The minimum absolute atomic E-state index is 0.0108. The Kier molecular flexibility index (Phi) is 5.15. The molecule has 1 aromatic rings. The molecule has 0 unspecified atom stereocenters. The number of hydrogen-bond donors (Lipinski definition) is 0. The van der Waals surface area contributed by atoms with Gasteiger partial charge in [-0.05, 0) is 30.5 Å². The SMILES string of the molecule is CCc1cc(C(=O)N2CC=C(COC)CC2)cc(Cl)n1. The number of ether oxygens (including phenoxy) is 1. The molecule has 0 fully saturated rings. The number of carbonyl (C=O) groups excluding carboxylic acids is 1. The van der Waals surface area contributed by atoms with Gasteiger partial charge in [0, 0.05) is 31.5 Å². The highest BCUT2D eigenvalue weighted by molar-refractivity contribution is 6.29. The average molecular weight is 295 g/mol. The molecule has 0 aromatic carbocycles. The fraction of sp³-hybridized carbons (Fsp3) is 0.467. The number of aromatic nitrogens is 1. The van der Waals surface area contributed by atoms with Gasteiger partial charge in [0.05, 0.1) is 6.61 Å². The van der Waals surface area contributed by atoms with E-state index in [0.29, 0.717) is 23.9 Å². The first kappa shape index (κ1) is 15.0. The maximum atomic E-state index is 12.5. The molecule has 1 aromatic heterocycles. The van der Waals surface area contributed by atoms with Crippen LogP contribution in [0.25, 0.3) is 0 Å². The summed E-state index contributed by atoms with van der Waals surface area (Å²) in [4.78, 5) is 18.5. The van der Waals surface area contributed by atoms with Crippen molar-refractivity contribution in [2.24, 2.45) is 0 Å². The molecule has 0 N–H and O–H groups in total. The summed E-state index contributed by atoms with van der Waals surface area (Å²) >= 11 is 5.97. The van der Waals surface area contributed by atoms with E-state index in [1.807, 2.05) is 17.9 Å². The molecule has 0 saturated heterocycles. The first-order valence-corrected chi connectivity index (χ1v) is 7.14. The lowest BCUT2D eigenvalue weighted by molar-refractivity contribution is 0.0764. The fourth-order valence-electron chi connectivity index (χ4n) is 2.25. The van der Waals surface area contributed by atoms with Gasteiger partial charge in [0.25, 0.3) is 5.91 Å². The molecular weight excluding hydrogens is 276 g/mol. The van der Waals surface area contributed by atoms with Crippen LogP contribution in [0.5, 0.6) is 0 Å². The van der Waals surface area contributed by atoms with Crippen LogP contribution in [0.15, 0.2) is 23.8 Å². The van der Waals surface area contributed by atoms with Crippen molar-refractivity contribution in [1.82, 2.24) is 9.88 Å². The van der Waals surface area contributed by atoms with Crippen LogP contribution in [0, 0.1) is 0 Å². The topological polar surface area (TPSA) is 42.4 Å². The number of aryl methyl sites for hydroxylation is 1. The smallest absolute Gasteiger partial charge is 0.254 e. The van der Waals surface area contributed by atoms with Crippen molar-refractivity contribution in [3.8, 4) is 0 Å². The Bertz CT molecular complexity index is 529. The van der Waals surface area contributed by atoms with E-state index in [4.69, 9.17) is 16.3 Å². The van der Waals surface area contributed by atoms with Crippen LogP contribution < -0.4 is 0 Å². The molecular formula is C15H19ClN2O2. The van der Waals surface area contributed by atoms with Gasteiger partial charge < -0.3 is 9.64 Å². The summed E-state index contributed by atoms with van der Waals surface area (Å²) in [5.41, 5.74) is 2.71. The molecule has 0 saturated carbocycles. The Morgan fingerprint density at radius 3 is 2.90 bits per heavy atom. The molecule has 4 nitrogen and oxygen atoms in total. The Hall–Kier alpha value is -1.39. The summed E-state index contributed by atoms with van der Waals surface area (Å²) in [5.74, 6) is 0.0108. The highest BCUT2D eigenvalue weighted by Gasteiger charge is 2.19. The van der Waals surface area contributed by atoms with E-state index in [1.54, 1.807) is 13.2 Å². The van der Waals surface area contributed by atoms with Gasteiger partial charge in [0.1, 0.15) is 5.15 Å². The molecule has 0 spiro atoms. The number of amides is 1. The van der Waals surface area contributed by atoms with Crippen LogP contribution in [0.3, 0.4) is 0 Å². The van der Waals surface area contributed by atoms with Crippen LogP contribution in [0.1, 0.15) is 29.4 Å². The zero-order chi connectivity index (χ0) is 14.5. The van der Waals surface area contributed by atoms with E-state index in [-0.39, 0.29) is 5.91 Å². The van der Waals surface area contributed by atoms with Crippen LogP contribution >= 0.6 is 11.6 Å². The first-order valence-electron chi connectivity index (χ1n) is 6.76. The summed E-state index contributed by atoms with van der Waals surface area (Å²) in [7, 11) is 1.68. The Balaban J connectivity index is 2.11. The average Bonchev–Trinajstić information content (AvgIpc) is 2.47. The lowest BCUT2D eigenvalue weighted by Gasteiger charge is -2.26. The van der Waals surface area contributed by atoms with Crippen molar-refractivity contribution in [1.29, 1.82) is 0 Å². The molecule has 0 radical (unpaired) electrons. The van der Waals surface area contributed by atoms with E-state index in [1.165, 1.54) is 5.57 Å². The molecule has 1 aliphatic rings. The van der Waals surface area contributed by atoms with Crippen molar-refractivity contribution < 1.29 is 9.53 Å². The second kappa shape index (κ2) is 6.86. The molecule has 5 heteroatoms. The van der Waals surface area contributed by atoms with Gasteiger partial charge in [-0.25, -0.2) is 4.98 Å². The standard InChI is InChI=1S/C15H19ClN2O2/c1-3-13-8-12(9-14(16)17-13)15(19)18-6-4-11(5-7-18)10-20-2/h4,8-9H,3,5-7,10H2,1-2H3. The highest BCUT2D eigenvalue weighted by Crippen LogP contribution is 2.17. The normalized spacial score (nSPS) is 15.2. The fourth-order valence-corrected chi connectivity index (χ4v) is 2.48. The van der Waals surface area contributed by atoms with E-state index in [2.05, 4.69) is 11.1 Å². The number of pyridine rings is 1. The lowest BCUT2D eigenvalue weighted by atomic mass is 10.1. The van der Waals surface area contributed by atoms with Crippen LogP contribution in [0.2, 0.25) is 5.15 Å². The number of carbonyl (C=O) groups is 1. The number of methoxy groups -OCH3 is 1. The predicted molar refractivity (Wildman–Crippen MR) is 79.1 cm³/mol. The second-order valence-corrected chi connectivity index (χ2v) is 5.21. The quantitative estimate of drug-likeness (QED) is 0.633. The molecule has 1 aliphatic heterocycles. The minimum Gasteiger partial charge on any atom is -0.380 e. The van der Waals surface area contributed by atoms with Gasteiger partial charge in [-0.15, -0.1) is 0 Å². The zero-order valence-corrected chi connectivity index (χ0v) is 12.6. The molecule has 0 aliphatic carbocycles. The van der Waals surface area contributed by atoms with Crippen LogP contribution in [-0.4, -0.2) is 42.6 Å². The minimum atomic E-state index is 0.0108. The van der Waals surface area contributed by atoms with Gasteiger partial charge in [-0.1, -0.05) is 24.6 Å². The van der Waals surface area contributed by atoms with Gasteiger partial charge in [-0.2, -0.15) is 0 Å². The maximum Gasteiger partial charge on any atom is 0.254 e. The van der Waals surface area contributed by atoms with Crippen molar-refractivity contribution >= 4 is 17.5 Å². The van der Waals surface area contributed by atoms with Gasteiger partial charge in [0.2, 0.25) is 0 Å². The van der Waals surface area contributed by atoms with Crippen LogP contribution in [0.4, 0.5) is 0 Å². The number of hydrogen-bond acceptors (Lipinski definition) is 3. The highest BCUT2D eigenvalue weighted by atomic mass is 35.5. The Morgan fingerprint density at radius 1 is 1.50 bits per heavy atom. The molecule has 20 heavy (non-hydrogen) atoms. The van der Waals surface area contributed by atoms with Gasteiger partial charge >= 0.3 is 0 Å². The van der Waals surface area contributed by atoms with Crippen molar-refractivity contribution in [2.45, 2.75) is 19.8 Å². The van der Waals surface area contributed by atoms with Crippen LogP contribution in [-0.2, 0) is 11.2 Å². The summed E-state index contributed by atoms with van der Waals surface area (Å²) in [6.07, 6.45) is 3.69. The van der Waals surface area contributed by atoms with Crippen molar-refractivity contribution in [2.75, 3.05) is 26.8 Å². The molecule has 1 amide bonds. The summed E-state index contributed by atoms with van der Waals surface area (Å²) in [6.45, 7) is 3.98. The lowest BCUT2D eigenvalue weighted by Crippen LogP contribution is -2.35. The van der Waals surface area contributed by atoms with Crippen molar-refractivity contribution in [3.63, 3.8) is 0 Å². The number of rotatable bonds is 4. The monoisotopic (exact) mass is 294 g/mol. The molecule has 0 atom stereocenters. The Labute approximate surface area is 124 Å². The first-order chi connectivity index (χ1) is 9.63. The third-order valence-corrected chi connectivity index (χ3v) is 3.57. The molecule has 2 heterocycles. The van der Waals surface area contributed by atoms with E-state index in [0.717, 1.165) is 25.1 Å². The predicted octanol–water partition coefficient (Wildman–Crippen LogP) is 2.72. The summed E-state index contributed by atoms with van der Waals surface area (Å²) in [6, 6.07) is 3.46. The largest absolute Gasteiger partial charge is 0.380 e. The van der Waals surface area contributed by atoms with E-state index >= 15 is 0 Å². The second-order valence-electron chi connectivity index (χ2n) is 4.82. The molecule has 0 bridgehead atoms. The summed E-state index contributed by atoms with van der Waals surface area (Å²) in [5, 5.41) is 0.375. The Morgan fingerprint density at radius 2 is 2.30 bits per heavy atom. The number of nitrogens with zero attached hydrogens (tertiary/aromatic N) is 2. The molecule has 2 rings (SSSR count). The number of halogens is 1. The third-order valence-electron chi connectivity index (χ3n) is 3.38. The maximum absolute atomic E-state index is 12.5. The summed E-state index contributed by atoms with van der Waals surface area (Å²) < 4.78 is 5.11. The van der Waals surface area contributed by atoms with E-state index in [9.17, 15) is 4.79 Å². The molecule has 108 valence electrons. The third kappa shape index (κ3) is 3.58. The zero-order valence-electron chi connectivity index (χ0n) is 11.9. The van der Waals surface area contributed by atoms with Gasteiger partial charge in [0.15, 0.2) is 0 Å².